The number of halogens is 3. The highest BCUT2D eigenvalue weighted by molar-refractivity contribution is 5.74. The monoisotopic (exact) mass is 205 g/mol. The predicted molar refractivity (Wildman–Crippen MR) is 47.0 cm³/mol. The third kappa shape index (κ3) is 2.90. The minimum atomic E-state index is -4.29. The molecule has 0 aliphatic carbocycles. The third-order valence-corrected chi connectivity index (χ3v) is 1.63. The molecule has 1 aliphatic rings. The molecule has 0 atom stereocenters. The highest BCUT2D eigenvalue weighted by atomic mass is 19.4. The van der Waals surface area contributed by atoms with Gasteiger partial charge in [0.15, 0.2) is 0 Å². The maximum Gasteiger partial charge on any atom is 0.413 e. The molecule has 0 unspecified atom stereocenters. The lowest BCUT2D eigenvalue weighted by atomic mass is 10.2. The molecule has 0 saturated heterocycles. The summed E-state index contributed by atoms with van der Waals surface area (Å²) in [5.41, 5.74) is -0.615. The van der Waals surface area contributed by atoms with E-state index < -0.39 is 11.7 Å². The van der Waals surface area contributed by atoms with Gasteiger partial charge in [0.2, 0.25) is 5.88 Å². The second-order valence-electron chi connectivity index (χ2n) is 2.65. The predicted octanol–water partition coefficient (Wildman–Crippen LogP) is 2.83. The molecular weight excluding hydrogens is 195 g/mol. The number of nitrogens with zero attached hydrogens (tertiary/aromatic N) is 1. The van der Waals surface area contributed by atoms with E-state index in [1.165, 1.54) is 6.08 Å². The van der Waals surface area contributed by atoms with E-state index in [0.29, 0.717) is 6.61 Å². The number of ether oxygens (including phenoxy) is 1. The fourth-order valence-electron chi connectivity index (χ4n) is 0.973. The Balaban J connectivity index is 2.73. The quantitative estimate of drug-likeness (QED) is 0.679. The van der Waals surface area contributed by atoms with Crippen molar-refractivity contribution < 1.29 is 17.9 Å². The van der Waals surface area contributed by atoms with Crippen molar-refractivity contribution in [1.29, 1.82) is 0 Å². The Morgan fingerprint density at radius 2 is 2.21 bits per heavy atom. The number of aliphatic imine (C=N–C) groups is 1. The van der Waals surface area contributed by atoms with Crippen LogP contribution in [-0.4, -0.2) is 19.0 Å². The van der Waals surface area contributed by atoms with Crippen molar-refractivity contribution in [3.8, 4) is 0 Å². The van der Waals surface area contributed by atoms with E-state index in [2.05, 4.69) is 4.99 Å². The molecular formula is C9H10F3NO. The molecule has 0 spiro atoms. The van der Waals surface area contributed by atoms with Crippen molar-refractivity contribution in [1.82, 2.24) is 0 Å². The van der Waals surface area contributed by atoms with Crippen LogP contribution in [0.5, 0.6) is 0 Å². The normalized spacial score (nSPS) is 17.1. The third-order valence-electron chi connectivity index (χ3n) is 1.63. The zero-order valence-electron chi connectivity index (χ0n) is 7.64. The highest BCUT2D eigenvalue weighted by Crippen LogP contribution is 2.29. The Kier molecular flexibility index (Phi) is 3.33. The first-order valence-electron chi connectivity index (χ1n) is 4.17. The van der Waals surface area contributed by atoms with Crippen LogP contribution in [0.4, 0.5) is 13.2 Å². The largest absolute Gasteiger partial charge is 0.478 e. The van der Waals surface area contributed by atoms with E-state index in [4.69, 9.17) is 4.74 Å². The van der Waals surface area contributed by atoms with Crippen LogP contribution < -0.4 is 0 Å². The molecule has 0 aromatic heterocycles. The molecule has 1 rings (SSSR count). The molecule has 5 heteroatoms. The van der Waals surface area contributed by atoms with E-state index in [9.17, 15) is 13.2 Å². The van der Waals surface area contributed by atoms with Gasteiger partial charge >= 0.3 is 6.18 Å². The fraction of sp³-hybridized carbons (Fsp3) is 0.444. The van der Waals surface area contributed by atoms with E-state index in [-0.39, 0.29) is 12.3 Å². The summed E-state index contributed by atoms with van der Waals surface area (Å²) in [4.78, 5) is 3.71. The molecule has 0 amide bonds. The average Bonchev–Trinajstić information content (AvgIpc) is 2.29. The second kappa shape index (κ2) is 4.30. The van der Waals surface area contributed by atoms with E-state index >= 15 is 0 Å². The molecule has 1 aliphatic heterocycles. The standard InChI is InChI=1S/C9H10F3NO/c1-2-14-8-4-3-7(5-6-13-8)9(10,11)12/h4-6H,2-3H2,1H3. The first-order chi connectivity index (χ1) is 6.54. The van der Waals surface area contributed by atoms with Crippen molar-refractivity contribution in [2.75, 3.05) is 6.61 Å². The van der Waals surface area contributed by atoms with Gasteiger partial charge in [-0.3, -0.25) is 0 Å². The van der Waals surface area contributed by atoms with Crippen LogP contribution in [0.15, 0.2) is 28.6 Å². The lowest BCUT2D eigenvalue weighted by molar-refractivity contribution is -0.0927. The van der Waals surface area contributed by atoms with Gasteiger partial charge in [-0.1, -0.05) is 0 Å². The fourth-order valence-corrected chi connectivity index (χ4v) is 0.973. The van der Waals surface area contributed by atoms with Crippen molar-refractivity contribution in [3.63, 3.8) is 0 Å². The van der Waals surface area contributed by atoms with Crippen molar-refractivity contribution in [3.05, 3.63) is 23.6 Å². The average molecular weight is 205 g/mol. The summed E-state index contributed by atoms with van der Waals surface area (Å²) in [6.45, 7) is 2.14. The van der Waals surface area contributed by atoms with Gasteiger partial charge in [0.05, 0.1) is 6.61 Å². The number of rotatable bonds is 2. The Morgan fingerprint density at radius 1 is 1.50 bits per heavy atom. The molecule has 0 aromatic carbocycles. The molecule has 2 nitrogen and oxygen atoms in total. The molecule has 1 heterocycles. The van der Waals surface area contributed by atoms with Crippen LogP contribution in [0.2, 0.25) is 0 Å². The van der Waals surface area contributed by atoms with Crippen molar-refractivity contribution in [2.24, 2.45) is 4.99 Å². The Morgan fingerprint density at radius 3 is 2.79 bits per heavy atom. The maximum atomic E-state index is 12.2. The van der Waals surface area contributed by atoms with E-state index in [0.717, 1.165) is 12.3 Å². The van der Waals surface area contributed by atoms with Crippen LogP contribution in [0.3, 0.4) is 0 Å². The lowest BCUT2D eigenvalue weighted by Gasteiger charge is -2.07. The molecule has 0 saturated carbocycles. The summed E-state index contributed by atoms with van der Waals surface area (Å²) >= 11 is 0. The van der Waals surface area contributed by atoms with Gasteiger partial charge in [-0.15, -0.1) is 0 Å². The Hall–Kier alpha value is -1.26. The molecule has 0 N–H and O–H groups in total. The summed E-state index contributed by atoms with van der Waals surface area (Å²) in [6, 6.07) is 0. The molecule has 0 bridgehead atoms. The van der Waals surface area contributed by atoms with E-state index in [1.54, 1.807) is 6.92 Å². The Labute approximate surface area is 79.8 Å². The molecule has 14 heavy (non-hydrogen) atoms. The number of allylic oxidation sites excluding steroid dienone is 3. The first kappa shape index (κ1) is 10.8. The van der Waals surface area contributed by atoms with Gasteiger partial charge in [0, 0.05) is 18.2 Å². The van der Waals surface area contributed by atoms with Crippen LogP contribution in [0.1, 0.15) is 13.3 Å². The van der Waals surface area contributed by atoms with Gasteiger partial charge < -0.3 is 4.74 Å². The van der Waals surface area contributed by atoms with E-state index in [1.807, 2.05) is 0 Å². The van der Waals surface area contributed by atoms with Crippen LogP contribution >= 0.6 is 0 Å². The summed E-state index contributed by atoms with van der Waals surface area (Å²) in [5.74, 6) is 0.239. The molecule has 0 radical (unpaired) electrons. The van der Waals surface area contributed by atoms with Crippen LogP contribution in [0, 0.1) is 0 Å². The first-order valence-corrected chi connectivity index (χ1v) is 4.17. The van der Waals surface area contributed by atoms with Crippen LogP contribution in [-0.2, 0) is 4.74 Å². The van der Waals surface area contributed by atoms with Crippen molar-refractivity contribution >= 4 is 6.21 Å². The highest BCUT2D eigenvalue weighted by Gasteiger charge is 2.32. The summed E-state index contributed by atoms with van der Waals surface area (Å²) < 4.78 is 41.7. The summed E-state index contributed by atoms with van der Waals surface area (Å²) in [5, 5.41) is 0. The SMILES string of the molecule is CCOC1=CCC(C(F)(F)F)=CC=N1. The lowest BCUT2D eigenvalue weighted by Crippen LogP contribution is -2.11. The number of hydrogen-bond donors (Lipinski definition) is 0. The zero-order chi connectivity index (χ0) is 10.6. The van der Waals surface area contributed by atoms with Gasteiger partial charge in [-0.25, -0.2) is 4.99 Å². The topological polar surface area (TPSA) is 21.6 Å². The van der Waals surface area contributed by atoms with Gasteiger partial charge in [0.25, 0.3) is 0 Å². The Bertz CT molecular complexity index is 289. The maximum absolute atomic E-state index is 12.2. The molecule has 78 valence electrons. The van der Waals surface area contributed by atoms with Crippen molar-refractivity contribution in [2.45, 2.75) is 19.5 Å². The number of hydrogen-bond acceptors (Lipinski definition) is 2. The van der Waals surface area contributed by atoms with Crippen LogP contribution in [0.25, 0.3) is 0 Å². The minimum absolute atomic E-state index is 0.196. The summed E-state index contributed by atoms with van der Waals surface area (Å²) in [6.07, 6.45) is -1.09. The second-order valence-corrected chi connectivity index (χ2v) is 2.65. The zero-order valence-corrected chi connectivity index (χ0v) is 7.64. The summed E-state index contributed by atoms with van der Waals surface area (Å²) in [7, 11) is 0. The molecule has 0 aromatic rings. The minimum Gasteiger partial charge on any atom is -0.478 e. The van der Waals surface area contributed by atoms with Gasteiger partial charge in [-0.2, -0.15) is 13.2 Å². The van der Waals surface area contributed by atoms with Gasteiger partial charge in [-0.05, 0) is 19.1 Å². The number of alkyl halides is 3. The van der Waals surface area contributed by atoms with Gasteiger partial charge in [0.1, 0.15) is 0 Å². The molecule has 0 fully saturated rings. The smallest absolute Gasteiger partial charge is 0.413 e.